The summed E-state index contributed by atoms with van der Waals surface area (Å²) in [4.78, 5) is 17.6. The van der Waals surface area contributed by atoms with Gasteiger partial charge in [-0.1, -0.05) is 6.07 Å². The number of carbonyl (C=O) groups excluding carboxylic acids is 1. The number of likely N-dealkylation sites (tertiary alicyclic amines) is 1. The summed E-state index contributed by atoms with van der Waals surface area (Å²) in [5.74, 6) is 1.25. The van der Waals surface area contributed by atoms with E-state index in [1.807, 2.05) is 19.2 Å². The van der Waals surface area contributed by atoms with Gasteiger partial charge in [-0.15, -0.1) is 0 Å². The smallest absolute Gasteiger partial charge is 0.246 e. The number of likely N-dealkylation sites (N-methyl/N-ethyl adjacent to an activating group) is 1. The van der Waals surface area contributed by atoms with Gasteiger partial charge in [0.25, 0.3) is 0 Å². The van der Waals surface area contributed by atoms with E-state index in [0.29, 0.717) is 18.6 Å². The molecule has 7 heteroatoms. The van der Waals surface area contributed by atoms with Crippen LogP contribution in [0.1, 0.15) is 55.7 Å². The van der Waals surface area contributed by atoms with Crippen LogP contribution in [0.4, 0.5) is 0 Å². The highest BCUT2D eigenvalue weighted by Gasteiger charge is 2.78. The Morgan fingerprint density at radius 1 is 1.25 bits per heavy atom. The second-order valence-corrected chi connectivity index (χ2v) is 11.8. The molecule has 1 saturated heterocycles. The van der Waals surface area contributed by atoms with Crippen LogP contribution in [0.3, 0.4) is 0 Å². The number of phenols is 1. The maximum atomic E-state index is 13.3. The molecule has 36 heavy (non-hydrogen) atoms. The zero-order valence-corrected chi connectivity index (χ0v) is 20.9. The average molecular weight is 491 g/mol. The van der Waals surface area contributed by atoms with Crippen LogP contribution in [0.5, 0.6) is 11.5 Å². The number of phenolic OH excluding ortho intramolecular Hbond substituents is 1. The van der Waals surface area contributed by atoms with Crippen LogP contribution in [0.25, 0.3) is 6.08 Å². The van der Waals surface area contributed by atoms with Crippen LogP contribution in [-0.2, 0) is 16.6 Å². The zero-order valence-electron chi connectivity index (χ0n) is 20.9. The number of amides is 1. The van der Waals surface area contributed by atoms with E-state index in [9.17, 15) is 15.0 Å². The Kier molecular flexibility index (Phi) is 4.60. The highest BCUT2D eigenvalue weighted by atomic mass is 16.5. The van der Waals surface area contributed by atoms with Crippen LogP contribution in [0, 0.1) is 5.92 Å². The van der Waals surface area contributed by atoms with Gasteiger partial charge in [0.05, 0.1) is 29.6 Å². The van der Waals surface area contributed by atoms with Gasteiger partial charge in [-0.2, -0.15) is 0 Å². The summed E-state index contributed by atoms with van der Waals surface area (Å²) in [6.07, 6.45) is 11.8. The third kappa shape index (κ3) is 2.73. The first-order valence-corrected chi connectivity index (χ1v) is 13.3. The minimum atomic E-state index is -0.978. The van der Waals surface area contributed by atoms with E-state index in [1.165, 1.54) is 12.8 Å². The summed E-state index contributed by atoms with van der Waals surface area (Å²) < 4.78 is 11.9. The lowest BCUT2D eigenvalue weighted by Crippen LogP contribution is -2.82. The third-order valence-corrected chi connectivity index (χ3v) is 10.1. The molecule has 5 atom stereocenters. The van der Waals surface area contributed by atoms with Crippen molar-refractivity contribution in [1.29, 1.82) is 0 Å². The van der Waals surface area contributed by atoms with E-state index in [1.54, 1.807) is 35.6 Å². The van der Waals surface area contributed by atoms with Crippen molar-refractivity contribution in [1.82, 2.24) is 9.80 Å². The summed E-state index contributed by atoms with van der Waals surface area (Å²) in [6, 6.07) is 5.32. The first kappa shape index (κ1) is 22.4. The molecule has 0 radical (unpaired) electrons. The summed E-state index contributed by atoms with van der Waals surface area (Å²) in [6.45, 7) is 4.00. The lowest BCUT2D eigenvalue weighted by molar-refractivity contribution is -0.229. The van der Waals surface area contributed by atoms with Gasteiger partial charge in [-0.05, 0) is 81.7 Å². The molecule has 3 heterocycles. The quantitative estimate of drug-likeness (QED) is 0.625. The maximum Gasteiger partial charge on any atom is 0.246 e. The number of piperidine rings is 1. The number of benzene rings is 1. The molecule has 7 nitrogen and oxygen atoms in total. The van der Waals surface area contributed by atoms with E-state index in [4.69, 9.17) is 9.15 Å². The number of aromatic hydroxyl groups is 1. The molecular formula is C29H34N2O5. The highest BCUT2D eigenvalue weighted by molar-refractivity contribution is 5.92. The maximum absolute atomic E-state index is 13.3. The Bertz CT molecular complexity index is 1250. The van der Waals surface area contributed by atoms with Crippen LogP contribution in [-0.4, -0.2) is 69.3 Å². The summed E-state index contributed by atoms with van der Waals surface area (Å²) >= 11 is 0. The van der Waals surface area contributed by atoms with Gasteiger partial charge in [0, 0.05) is 36.8 Å². The first-order valence-electron chi connectivity index (χ1n) is 13.3. The molecule has 1 aromatic heterocycles. The van der Waals surface area contributed by atoms with Crippen molar-refractivity contribution in [2.45, 2.75) is 74.1 Å². The van der Waals surface area contributed by atoms with Gasteiger partial charge < -0.3 is 24.3 Å². The summed E-state index contributed by atoms with van der Waals surface area (Å²) in [5.41, 5.74) is 0.447. The molecule has 7 rings (SSSR count). The molecule has 0 unspecified atom stereocenters. The number of rotatable bonds is 5. The minimum absolute atomic E-state index is 0.0145. The van der Waals surface area contributed by atoms with E-state index in [0.717, 1.165) is 48.5 Å². The largest absolute Gasteiger partial charge is 0.504 e. The molecule has 190 valence electrons. The normalized spacial score (nSPS) is 36.5. The molecule has 2 bridgehead atoms. The van der Waals surface area contributed by atoms with Gasteiger partial charge in [0.1, 0.15) is 5.60 Å². The molecule has 3 aliphatic carbocycles. The second kappa shape index (κ2) is 7.39. The number of hydrogen-bond donors (Lipinski definition) is 2. The van der Waals surface area contributed by atoms with Crippen molar-refractivity contribution in [3.8, 4) is 11.5 Å². The van der Waals surface area contributed by atoms with E-state index in [2.05, 4.69) is 11.8 Å². The lowest BCUT2D eigenvalue weighted by Gasteiger charge is -2.68. The van der Waals surface area contributed by atoms with Gasteiger partial charge in [-0.25, -0.2) is 0 Å². The second-order valence-electron chi connectivity index (χ2n) is 11.8. The zero-order chi connectivity index (χ0) is 24.9. The molecule has 1 spiro atoms. The number of hydrogen-bond acceptors (Lipinski definition) is 6. The first-order chi connectivity index (χ1) is 17.3. The van der Waals surface area contributed by atoms with E-state index >= 15 is 0 Å². The van der Waals surface area contributed by atoms with Gasteiger partial charge in [-0.3, -0.25) is 9.69 Å². The van der Waals surface area contributed by atoms with Crippen molar-refractivity contribution < 1.29 is 24.2 Å². The summed E-state index contributed by atoms with van der Waals surface area (Å²) in [7, 11) is 1.83. The van der Waals surface area contributed by atoms with Gasteiger partial charge in [0.15, 0.2) is 11.5 Å². The molecular weight excluding hydrogens is 456 g/mol. The molecule has 1 aromatic carbocycles. The Balaban J connectivity index is 1.32. The molecule has 3 fully saturated rings. The van der Waals surface area contributed by atoms with E-state index < -0.39 is 16.6 Å². The monoisotopic (exact) mass is 490 g/mol. The third-order valence-electron chi connectivity index (χ3n) is 10.1. The summed E-state index contributed by atoms with van der Waals surface area (Å²) in [5, 5.41) is 23.6. The van der Waals surface area contributed by atoms with Crippen LogP contribution < -0.4 is 4.74 Å². The van der Waals surface area contributed by atoms with E-state index in [-0.39, 0.29) is 23.7 Å². The van der Waals surface area contributed by atoms with Crippen LogP contribution >= 0.6 is 0 Å². The van der Waals surface area contributed by atoms with Gasteiger partial charge in [0.2, 0.25) is 5.91 Å². The van der Waals surface area contributed by atoms with Crippen molar-refractivity contribution >= 4 is 12.0 Å². The Morgan fingerprint density at radius 3 is 2.83 bits per heavy atom. The molecule has 2 aliphatic heterocycles. The highest BCUT2D eigenvalue weighted by Crippen LogP contribution is 2.69. The SMILES string of the molecule is CN(C(=O)/C=C/c1ccoc1)[C@H]1CC[C@@]2(O)[C@H]3Cc4ccc(O)c5c4[C@@]2(CCN3CC2CC2)[C@@]1(C)O5. The molecule has 1 amide bonds. The fourth-order valence-electron chi connectivity index (χ4n) is 8.28. The predicted octanol–water partition coefficient (Wildman–Crippen LogP) is 3.48. The number of nitrogens with zero attached hydrogens (tertiary/aromatic N) is 2. The number of aliphatic hydroxyl groups is 1. The molecule has 2 N–H and O–H groups in total. The molecule has 2 saturated carbocycles. The van der Waals surface area contributed by atoms with Crippen LogP contribution in [0.15, 0.2) is 41.2 Å². The van der Waals surface area contributed by atoms with Gasteiger partial charge >= 0.3 is 0 Å². The molecule has 5 aliphatic rings. The predicted molar refractivity (Wildman–Crippen MR) is 134 cm³/mol. The topological polar surface area (TPSA) is 86.4 Å². The van der Waals surface area contributed by atoms with Crippen molar-refractivity contribution in [3.63, 3.8) is 0 Å². The minimum Gasteiger partial charge on any atom is -0.504 e. The fraction of sp³-hybridized carbons (Fsp3) is 0.552. The number of furan rings is 1. The lowest BCUT2D eigenvalue weighted by atomic mass is 9.44. The van der Waals surface area contributed by atoms with Crippen molar-refractivity contribution in [2.24, 2.45) is 5.92 Å². The van der Waals surface area contributed by atoms with Crippen molar-refractivity contribution in [2.75, 3.05) is 20.1 Å². The van der Waals surface area contributed by atoms with Crippen molar-refractivity contribution in [3.05, 3.63) is 53.5 Å². The van der Waals surface area contributed by atoms with Crippen LogP contribution in [0.2, 0.25) is 0 Å². The Morgan fingerprint density at radius 2 is 2.08 bits per heavy atom. The number of ether oxygens (including phenoxy) is 1. The number of carbonyl (C=O) groups is 1. The Labute approximate surface area is 211 Å². The average Bonchev–Trinajstić information content (AvgIpc) is 3.41. The fourth-order valence-corrected chi connectivity index (χ4v) is 8.28. The standard InChI is InChI=1S/C29H34N2O5/c1-27-22(30(2)24(33)8-5-19-10-14-35-17-19)9-11-29(34)23-15-20-6-7-21(32)26(36-27)25(20)28(27,29)12-13-31(23)16-18-3-4-18/h5-8,10,14,17-18,22-23,32,34H,3-4,9,11-13,15-16H2,1-2H3/b8-5+/t22-,23+,27-,28-,29+/m0/s1. The Hall–Kier alpha value is -2.77. The molecule has 2 aromatic rings.